The molecule has 0 bridgehead atoms. The molecule has 1 heterocycles. The number of rotatable bonds is 4. The van der Waals surface area contributed by atoms with Crippen molar-refractivity contribution in [1.82, 2.24) is 15.3 Å². The van der Waals surface area contributed by atoms with E-state index in [-0.39, 0.29) is 0 Å². The summed E-state index contributed by atoms with van der Waals surface area (Å²) in [6.07, 6.45) is 3.45. The van der Waals surface area contributed by atoms with Crippen molar-refractivity contribution in [2.45, 2.75) is 6.54 Å². The molecule has 5 heteroatoms. The molecular weight excluding hydrogens is 238 g/mol. The highest BCUT2D eigenvalue weighted by atomic mass is 35.5. The van der Waals surface area contributed by atoms with Gasteiger partial charge in [0.25, 0.3) is 0 Å². The van der Waals surface area contributed by atoms with Crippen LogP contribution in [0.15, 0.2) is 36.7 Å². The molecule has 0 aliphatic heterocycles. The number of nitrogens with one attached hydrogen (secondary N) is 1. The van der Waals surface area contributed by atoms with Crippen molar-refractivity contribution >= 4 is 11.6 Å². The summed E-state index contributed by atoms with van der Waals surface area (Å²) in [4.78, 5) is 8.21. The van der Waals surface area contributed by atoms with Gasteiger partial charge in [-0.3, -0.25) is 0 Å². The molecule has 2 aromatic rings. The number of hydrogen-bond acceptors (Lipinski definition) is 4. The molecule has 0 unspecified atom stereocenters. The minimum Gasteiger partial charge on any atom is -0.424 e. The molecule has 0 aliphatic rings. The fraction of sp³-hybridized carbons (Fsp3) is 0.167. The smallest absolute Gasteiger partial charge is 0.321 e. The largest absolute Gasteiger partial charge is 0.424 e. The van der Waals surface area contributed by atoms with E-state index in [1.807, 2.05) is 13.1 Å². The molecule has 1 N–H and O–H groups in total. The maximum atomic E-state index is 5.85. The van der Waals surface area contributed by atoms with Crippen LogP contribution in [0.25, 0.3) is 0 Å². The van der Waals surface area contributed by atoms with Gasteiger partial charge in [0, 0.05) is 29.5 Å². The first-order valence-corrected chi connectivity index (χ1v) is 5.54. The van der Waals surface area contributed by atoms with E-state index in [0.717, 1.165) is 12.1 Å². The van der Waals surface area contributed by atoms with Gasteiger partial charge < -0.3 is 10.1 Å². The highest BCUT2D eigenvalue weighted by Gasteiger charge is 2.01. The first-order valence-electron chi connectivity index (χ1n) is 5.17. The van der Waals surface area contributed by atoms with Gasteiger partial charge >= 0.3 is 6.01 Å². The van der Waals surface area contributed by atoms with Gasteiger partial charge in [0.1, 0.15) is 5.75 Å². The third-order valence-electron chi connectivity index (χ3n) is 2.07. The Morgan fingerprint density at radius 2 is 2.06 bits per heavy atom. The Morgan fingerprint density at radius 3 is 2.71 bits per heavy atom. The maximum Gasteiger partial charge on any atom is 0.321 e. The van der Waals surface area contributed by atoms with Crippen LogP contribution in [0.5, 0.6) is 11.8 Å². The first kappa shape index (κ1) is 11.8. The van der Waals surface area contributed by atoms with Crippen LogP contribution < -0.4 is 10.1 Å². The zero-order valence-corrected chi connectivity index (χ0v) is 10.1. The summed E-state index contributed by atoms with van der Waals surface area (Å²) in [6, 6.07) is 7.42. The van der Waals surface area contributed by atoms with Crippen LogP contribution >= 0.6 is 11.6 Å². The molecule has 0 amide bonds. The number of hydrogen-bond donors (Lipinski definition) is 1. The molecule has 1 aromatic carbocycles. The summed E-state index contributed by atoms with van der Waals surface area (Å²) in [5.74, 6) is 0.624. The average Bonchev–Trinajstić information content (AvgIpc) is 2.32. The van der Waals surface area contributed by atoms with Crippen molar-refractivity contribution in [2.24, 2.45) is 0 Å². The van der Waals surface area contributed by atoms with Gasteiger partial charge in [-0.2, -0.15) is 0 Å². The Balaban J connectivity index is 2.08. The van der Waals surface area contributed by atoms with Crippen LogP contribution in [-0.2, 0) is 6.54 Å². The molecule has 0 radical (unpaired) electrons. The van der Waals surface area contributed by atoms with Crippen LogP contribution in [0.1, 0.15) is 5.56 Å². The van der Waals surface area contributed by atoms with Gasteiger partial charge in [-0.05, 0) is 25.2 Å². The Hall–Kier alpha value is -1.65. The zero-order chi connectivity index (χ0) is 12.1. The topological polar surface area (TPSA) is 47.0 Å². The second kappa shape index (κ2) is 5.61. The number of nitrogens with zero attached hydrogens (tertiary/aromatic N) is 2. The van der Waals surface area contributed by atoms with Gasteiger partial charge in [0.2, 0.25) is 0 Å². The lowest BCUT2D eigenvalue weighted by Crippen LogP contribution is -2.06. The van der Waals surface area contributed by atoms with Crippen molar-refractivity contribution < 1.29 is 4.74 Å². The van der Waals surface area contributed by atoms with E-state index in [4.69, 9.17) is 16.3 Å². The minimum atomic E-state index is 0.312. The lowest BCUT2D eigenvalue weighted by Gasteiger charge is -2.04. The van der Waals surface area contributed by atoms with Crippen molar-refractivity contribution in [1.29, 1.82) is 0 Å². The van der Waals surface area contributed by atoms with Crippen molar-refractivity contribution in [3.8, 4) is 11.8 Å². The number of aromatic nitrogens is 2. The van der Waals surface area contributed by atoms with E-state index in [9.17, 15) is 0 Å². The highest BCUT2D eigenvalue weighted by molar-refractivity contribution is 6.30. The molecule has 4 nitrogen and oxygen atoms in total. The Labute approximate surface area is 105 Å². The number of benzene rings is 1. The van der Waals surface area contributed by atoms with E-state index in [0.29, 0.717) is 16.8 Å². The third kappa shape index (κ3) is 3.41. The Bertz CT molecular complexity index is 487. The summed E-state index contributed by atoms with van der Waals surface area (Å²) in [6.45, 7) is 0.734. The molecule has 0 atom stereocenters. The van der Waals surface area contributed by atoms with Crippen molar-refractivity contribution in [2.75, 3.05) is 7.05 Å². The maximum absolute atomic E-state index is 5.85. The van der Waals surface area contributed by atoms with E-state index < -0.39 is 0 Å². The highest BCUT2D eigenvalue weighted by Crippen LogP contribution is 2.21. The second-order valence-corrected chi connectivity index (χ2v) is 3.90. The predicted molar refractivity (Wildman–Crippen MR) is 66.3 cm³/mol. The molecule has 2 rings (SSSR count). The normalized spacial score (nSPS) is 10.2. The predicted octanol–water partition coefficient (Wildman–Crippen LogP) is 2.64. The number of ether oxygens (including phenoxy) is 1. The Morgan fingerprint density at radius 1 is 1.29 bits per heavy atom. The van der Waals surface area contributed by atoms with Crippen LogP contribution in [0.3, 0.4) is 0 Å². The SMILES string of the molecule is CNCc1cnc(Oc2cccc(Cl)c2)nc1. The molecule has 1 aromatic heterocycles. The van der Waals surface area contributed by atoms with Gasteiger partial charge in [-0.1, -0.05) is 17.7 Å². The molecule has 0 saturated heterocycles. The van der Waals surface area contributed by atoms with E-state index in [2.05, 4.69) is 15.3 Å². The van der Waals surface area contributed by atoms with E-state index in [1.165, 1.54) is 0 Å². The first-order chi connectivity index (χ1) is 8.28. The van der Waals surface area contributed by atoms with Crippen LogP contribution in [0, 0.1) is 0 Å². The van der Waals surface area contributed by atoms with Crippen LogP contribution in [0.4, 0.5) is 0 Å². The quantitative estimate of drug-likeness (QED) is 0.905. The summed E-state index contributed by atoms with van der Waals surface area (Å²) < 4.78 is 5.47. The Kier molecular flexibility index (Phi) is 3.90. The van der Waals surface area contributed by atoms with Gasteiger partial charge in [-0.25, -0.2) is 9.97 Å². The summed E-state index contributed by atoms with van der Waals surface area (Å²) in [5.41, 5.74) is 1.01. The minimum absolute atomic E-state index is 0.312. The van der Waals surface area contributed by atoms with Crippen LogP contribution in [-0.4, -0.2) is 17.0 Å². The monoisotopic (exact) mass is 249 g/mol. The van der Waals surface area contributed by atoms with Crippen LogP contribution in [0.2, 0.25) is 5.02 Å². The fourth-order valence-corrected chi connectivity index (χ4v) is 1.51. The third-order valence-corrected chi connectivity index (χ3v) is 2.30. The molecule has 0 fully saturated rings. The van der Waals surface area contributed by atoms with Crippen molar-refractivity contribution in [3.05, 3.63) is 47.2 Å². The summed E-state index contributed by atoms with van der Waals surface area (Å²) in [7, 11) is 1.87. The average molecular weight is 250 g/mol. The second-order valence-electron chi connectivity index (χ2n) is 3.46. The lowest BCUT2D eigenvalue weighted by atomic mass is 10.3. The molecule has 0 spiro atoms. The lowest BCUT2D eigenvalue weighted by molar-refractivity contribution is 0.441. The van der Waals surface area contributed by atoms with Crippen molar-refractivity contribution in [3.63, 3.8) is 0 Å². The molecule has 17 heavy (non-hydrogen) atoms. The van der Waals surface area contributed by atoms with E-state index >= 15 is 0 Å². The van der Waals surface area contributed by atoms with E-state index in [1.54, 1.807) is 30.6 Å². The molecule has 0 aliphatic carbocycles. The molecular formula is C12H12ClN3O. The molecule has 88 valence electrons. The zero-order valence-electron chi connectivity index (χ0n) is 9.35. The van der Waals surface area contributed by atoms with Gasteiger partial charge in [0.15, 0.2) is 0 Å². The number of halogens is 1. The van der Waals surface area contributed by atoms with Gasteiger partial charge in [-0.15, -0.1) is 0 Å². The van der Waals surface area contributed by atoms with Gasteiger partial charge in [0.05, 0.1) is 0 Å². The summed E-state index contributed by atoms with van der Waals surface area (Å²) in [5, 5.41) is 3.64. The standard InChI is InChI=1S/C12H12ClN3O/c1-14-6-9-7-15-12(16-8-9)17-11-4-2-3-10(13)5-11/h2-5,7-8,14H,6H2,1H3. The molecule has 0 saturated carbocycles. The summed E-state index contributed by atoms with van der Waals surface area (Å²) >= 11 is 5.85. The fourth-order valence-electron chi connectivity index (χ4n) is 1.33.